The van der Waals surface area contributed by atoms with Gasteiger partial charge in [-0.05, 0) is 18.6 Å². The lowest BCUT2D eigenvalue weighted by atomic mass is 10.1. The fraction of sp³-hybridized carbons (Fsp3) is 0.250. The van der Waals surface area contributed by atoms with Crippen molar-refractivity contribution in [2.24, 2.45) is 10.2 Å². The molecule has 0 aliphatic heterocycles. The highest BCUT2D eigenvalue weighted by atomic mass is 16.6. The number of benzene rings is 1. The molecule has 2 N–H and O–H groups in total. The molecule has 2 aromatic rings. The molecule has 11 heteroatoms. The van der Waals surface area contributed by atoms with Gasteiger partial charge in [-0.1, -0.05) is 0 Å². The molecule has 0 saturated heterocycles. The van der Waals surface area contributed by atoms with E-state index >= 15 is 0 Å². The lowest BCUT2D eigenvalue weighted by Crippen LogP contribution is -2.12. The third-order valence-electron chi connectivity index (χ3n) is 2.80. The maximum atomic E-state index is 11.1. The third kappa shape index (κ3) is 3.64. The van der Waals surface area contributed by atoms with Crippen LogP contribution in [0.2, 0.25) is 0 Å². The first-order chi connectivity index (χ1) is 10.9. The fourth-order valence-electron chi connectivity index (χ4n) is 1.70. The number of aromatic amines is 1. The van der Waals surface area contributed by atoms with Crippen molar-refractivity contribution in [2.75, 3.05) is 7.11 Å². The smallest absolute Gasteiger partial charge is 0.363 e. The quantitative estimate of drug-likeness (QED) is 0.478. The van der Waals surface area contributed by atoms with E-state index in [1.807, 2.05) is 0 Å². The molecule has 1 aromatic heterocycles. The van der Waals surface area contributed by atoms with Crippen LogP contribution >= 0.6 is 0 Å². The van der Waals surface area contributed by atoms with Gasteiger partial charge in [0, 0.05) is 6.07 Å². The van der Waals surface area contributed by atoms with Crippen molar-refractivity contribution < 1.29 is 14.8 Å². The van der Waals surface area contributed by atoms with Crippen LogP contribution in [0.4, 0.5) is 11.5 Å². The molecule has 23 heavy (non-hydrogen) atoms. The first-order valence-electron chi connectivity index (χ1n) is 6.27. The van der Waals surface area contributed by atoms with Crippen molar-refractivity contribution in [3.05, 3.63) is 44.0 Å². The number of azo groups is 1. The van der Waals surface area contributed by atoms with Gasteiger partial charge >= 0.3 is 11.4 Å². The number of aromatic nitrogens is 3. The van der Waals surface area contributed by atoms with Gasteiger partial charge in [0.2, 0.25) is 11.6 Å². The van der Waals surface area contributed by atoms with Gasteiger partial charge in [0.15, 0.2) is 5.75 Å². The van der Waals surface area contributed by atoms with E-state index in [0.717, 1.165) is 6.07 Å². The van der Waals surface area contributed by atoms with Crippen molar-refractivity contribution in [1.82, 2.24) is 15.2 Å². The van der Waals surface area contributed by atoms with Gasteiger partial charge in [-0.15, -0.1) is 5.11 Å². The maximum Gasteiger partial charge on any atom is 0.363 e. The molecule has 1 heterocycles. The lowest BCUT2D eigenvalue weighted by Gasteiger charge is -2.05. The van der Waals surface area contributed by atoms with Crippen LogP contribution < -0.4 is 10.4 Å². The summed E-state index contributed by atoms with van der Waals surface area (Å²) < 4.78 is 4.88. The minimum absolute atomic E-state index is 0.0363. The van der Waals surface area contributed by atoms with E-state index in [0.29, 0.717) is 11.3 Å². The number of nitrogens with one attached hydrogen (secondary N) is 1. The van der Waals surface area contributed by atoms with Gasteiger partial charge in [-0.2, -0.15) is 15.2 Å². The molecule has 0 saturated carbocycles. The average molecular weight is 320 g/mol. The van der Waals surface area contributed by atoms with E-state index < -0.39 is 22.0 Å². The summed E-state index contributed by atoms with van der Waals surface area (Å²) in [5.41, 5.74) is -0.388. The SMILES string of the molecule is COc1cc(CN=Nc2nc(=O)[nH]nc2C)cc([N+](=O)[O-])c1O. The summed E-state index contributed by atoms with van der Waals surface area (Å²) in [6.45, 7) is 1.55. The van der Waals surface area contributed by atoms with Crippen LogP contribution in [-0.2, 0) is 6.54 Å². The zero-order valence-electron chi connectivity index (χ0n) is 12.2. The molecular weight excluding hydrogens is 308 g/mol. The minimum atomic E-state index is -0.731. The summed E-state index contributed by atoms with van der Waals surface area (Å²) in [6.07, 6.45) is 0. The number of phenols is 1. The van der Waals surface area contributed by atoms with Crippen molar-refractivity contribution in [1.29, 1.82) is 0 Å². The van der Waals surface area contributed by atoms with Crippen LogP contribution in [-0.4, -0.2) is 32.3 Å². The standard InChI is InChI=1S/C12H12N6O5/c1-6-11(14-12(20)17-15-6)16-13-5-7-3-8(18(21)22)10(19)9(4-7)23-2/h3-4,19H,5H2,1-2H3,(H,14,17,20). The molecule has 0 aliphatic rings. The molecule has 0 unspecified atom stereocenters. The number of ether oxygens (including phenoxy) is 1. The Kier molecular flexibility index (Phi) is 4.59. The van der Waals surface area contributed by atoms with E-state index in [-0.39, 0.29) is 18.1 Å². The number of H-pyrrole nitrogens is 1. The molecule has 0 bridgehead atoms. The summed E-state index contributed by atoms with van der Waals surface area (Å²) in [5, 5.41) is 34.0. The fourth-order valence-corrected chi connectivity index (χ4v) is 1.70. The summed E-state index contributed by atoms with van der Waals surface area (Å²) in [4.78, 5) is 24.8. The van der Waals surface area contributed by atoms with Gasteiger partial charge in [0.1, 0.15) is 5.69 Å². The van der Waals surface area contributed by atoms with Crippen LogP contribution in [0.1, 0.15) is 11.3 Å². The largest absolute Gasteiger partial charge is 0.500 e. The Labute approximate surface area is 128 Å². The zero-order chi connectivity index (χ0) is 17.0. The Balaban J connectivity index is 2.28. The predicted octanol–water partition coefficient (Wildman–Crippen LogP) is 1.38. The van der Waals surface area contributed by atoms with Crippen LogP contribution in [0.15, 0.2) is 27.2 Å². The third-order valence-corrected chi connectivity index (χ3v) is 2.80. The van der Waals surface area contributed by atoms with Crippen LogP contribution in [0.3, 0.4) is 0 Å². The molecule has 11 nitrogen and oxygen atoms in total. The lowest BCUT2D eigenvalue weighted by molar-refractivity contribution is -0.386. The number of nitro benzene ring substituents is 1. The van der Waals surface area contributed by atoms with E-state index in [4.69, 9.17) is 4.74 Å². The summed E-state index contributed by atoms with van der Waals surface area (Å²) >= 11 is 0. The maximum absolute atomic E-state index is 11.1. The molecule has 0 radical (unpaired) electrons. The van der Waals surface area contributed by atoms with E-state index in [9.17, 15) is 20.0 Å². The molecule has 0 atom stereocenters. The molecule has 120 valence electrons. The summed E-state index contributed by atoms with van der Waals surface area (Å²) in [6, 6.07) is 2.56. The molecule has 0 amide bonds. The van der Waals surface area contributed by atoms with E-state index in [2.05, 4.69) is 25.4 Å². The normalized spacial score (nSPS) is 10.9. The highest BCUT2D eigenvalue weighted by Crippen LogP contribution is 2.37. The number of aryl methyl sites for hydroxylation is 1. The highest BCUT2D eigenvalue weighted by Gasteiger charge is 2.19. The van der Waals surface area contributed by atoms with Crippen molar-refractivity contribution in [3.8, 4) is 11.5 Å². The van der Waals surface area contributed by atoms with Crippen LogP contribution in [0.5, 0.6) is 11.5 Å². The Morgan fingerprint density at radius 1 is 1.48 bits per heavy atom. The van der Waals surface area contributed by atoms with Crippen LogP contribution in [0, 0.1) is 17.0 Å². The van der Waals surface area contributed by atoms with E-state index in [1.54, 1.807) is 6.92 Å². The first-order valence-corrected chi connectivity index (χ1v) is 6.27. The summed E-state index contributed by atoms with van der Waals surface area (Å²) in [5.74, 6) is -0.556. The molecule has 0 fully saturated rings. The van der Waals surface area contributed by atoms with Crippen molar-refractivity contribution in [2.45, 2.75) is 13.5 Å². The number of phenolic OH excluding ortho intramolecular Hbond substituents is 1. The second-order valence-electron chi connectivity index (χ2n) is 4.37. The molecule has 2 rings (SSSR count). The number of aromatic hydroxyl groups is 1. The number of hydrogen-bond donors (Lipinski definition) is 2. The van der Waals surface area contributed by atoms with Crippen LogP contribution in [0.25, 0.3) is 0 Å². The Morgan fingerprint density at radius 2 is 2.22 bits per heavy atom. The average Bonchev–Trinajstić information content (AvgIpc) is 2.51. The Bertz CT molecular complexity index is 831. The molecule has 1 aromatic carbocycles. The number of hydrogen-bond acceptors (Lipinski definition) is 9. The molecular formula is C12H12N6O5. The van der Waals surface area contributed by atoms with Gasteiger partial charge < -0.3 is 9.84 Å². The van der Waals surface area contributed by atoms with Crippen molar-refractivity contribution >= 4 is 11.5 Å². The molecule has 0 spiro atoms. The number of methoxy groups -OCH3 is 1. The first kappa shape index (κ1) is 16.0. The monoisotopic (exact) mass is 320 g/mol. The van der Waals surface area contributed by atoms with Gasteiger partial charge in [0.05, 0.1) is 18.6 Å². The number of nitro groups is 1. The highest BCUT2D eigenvalue weighted by molar-refractivity contribution is 5.57. The molecule has 0 aliphatic carbocycles. The Morgan fingerprint density at radius 3 is 2.87 bits per heavy atom. The topological polar surface area (TPSA) is 156 Å². The minimum Gasteiger partial charge on any atom is -0.500 e. The predicted molar refractivity (Wildman–Crippen MR) is 76.9 cm³/mol. The number of rotatable bonds is 5. The number of nitrogens with zero attached hydrogens (tertiary/aromatic N) is 5. The van der Waals surface area contributed by atoms with Gasteiger partial charge in [0.25, 0.3) is 0 Å². The Hall–Kier alpha value is -3.37. The van der Waals surface area contributed by atoms with E-state index in [1.165, 1.54) is 13.2 Å². The zero-order valence-corrected chi connectivity index (χ0v) is 12.2. The van der Waals surface area contributed by atoms with Crippen molar-refractivity contribution in [3.63, 3.8) is 0 Å². The second kappa shape index (κ2) is 6.60. The summed E-state index contributed by atoms with van der Waals surface area (Å²) in [7, 11) is 1.28. The second-order valence-corrected chi connectivity index (χ2v) is 4.37. The van der Waals surface area contributed by atoms with Gasteiger partial charge in [-0.25, -0.2) is 9.89 Å². The van der Waals surface area contributed by atoms with Gasteiger partial charge in [-0.3, -0.25) is 10.1 Å².